The summed E-state index contributed by atoms with van der Waals surface area (Å²) >= 11 is 12.6. The van der Waals surface area contributed by atoms with Crippen LogP contribution in [0.25, 0.3) is 0 Å². The Morgan fingerprint density at radius 3 is 2.23 bits per heavy atom. The van der Waals surface area contributed by atoms with Crippen molar-refractivity contribution in [2.45, 2.75) is 64.4 Å². The number of nitrogens with one attached hydrogen (secondary N) is 1. The van der Waals surface area contributed by atoms with Crippen LogP contribution in [0.15, 0.2) is 65.6 Å². The third-order valence-corrected chi connectivity index (χ3v) is 9.42. The Bertz CT molecular complexity index is 1530. The van der Waals surface area contributed by atoms with Crippen molar-refractivity contribution < 1.29 is 22.7 Å². The first-order valence-corrected chi connectivity index (χ1v) is 16.4. The molecule has 0 heterocycles. The van der Waals surface area contributed by atoms with Crippen LogP contribution in [0.5, 0.6) is 5.75 Å². The van der Waals surface area contributed by atoms with Crippen LogP contribution in [0.2, 0.25) is 10.0 Å². The van der Waals surface area contributed by atoms with Gasteiger partial charge in [-0.25, -0.2) is 8.42 Å². The van der Waals surface area contributed by atoms with E-state index in [1.807, 2.05) is 20.8 Å². The predicted molar refractivity (Wildman–Crippen MR) is 172 cm³/mol. The van der Waals surface area contributed by atoms with Gasteiger partial charge in [0.1, 0.15) is 18.3 Å². The van der Waals surface area contributed by atoms with Crippen LogP contribution in [0.3, 0.4) is 0 Å². The summed E-state index contributed by atoms with van der Waals surface area (Å²) < 4.78 is 34.9. The predicted octanol–water partition coefficient (Wildman–Crippen LogP) is 6.54. The van der Waals surface area contributed by atoms with Crippen molar-refractivity contribution in [2.75, 3.05) is 24.5 Å². The van der Waals surface area contributed by atoms with Crippen molar-refractivity contribution in [3.63, 3.8) is 0 Å². The number of halogens is 2. The average molecular weight is 649 g/mol. The molecule has 232 valence electrons. The first-order chi connectivity index (χ1) is 20.4. The number of methoxy groups -OCH3 is 1. The number of hydrogen-bond acceptors (Lipinski definition) is 5. The van der Waals surface area contributed by atoms with Crippen LogP contribution in [0, 0.1) is 13.8 Å². The van der Waals surface area contributed by atoms with Crippen molar-refractivity contribution in [3.8, 4) is 5.75 Å². The van der Waals surface area contributed by atoms with Gasteiger partial charge in [-0.3, -0.25) is 13.9 Å². The normalized spacial score (nSPS) is 12.0. The van der Waals surface area contributed by atoms with Gasteiger partial charge in [-0.1, -0.05) is 73.3 Å². The van der Waals surface area contributed by atoms with Gasteiger partial charge in [0, 0.05) is 23.1 Å². The highest BCUT2D eigenvalue weighted by molar-refractivity contribution is 7.92. The number of sulfonamides is 1. The molecule has 0 saturated carbocycles. The van der Waals surface area contributed by atoms with E-state index >= 15 is 0 Å². The maximum atomic E-state index is 14.3. The molecule has 2 amide bonds. The SMILES string of the molecule is CCCCNC(=O)[C@H](CC)N(Cc1ccc(Cl)cc1Cl)C(=O)CN(c1cc(C)ccc1OC)S(=O)(=O)c1ccc(C)cc1. The van der Waals surface area contributed by atoms with Gasteiger partial charge in [0.05, 0.1) is 17.7 Å². The molecule has 3 aromatic carbocycles. The molecule has 0 fully saturated rings. The molecule has 0 aliphatic rings. The second kappa shape index (κ2) is 15.5. The van der Waals surface area contributed by atoms with Crippen molar-refractivity contribution in [1.82, 2.24) is 10.2 Å². The highest BCUT2D eigenvalue weighted by atomic mass is 35.5. The Morgan fingerprint density at radius 1 is 0.953 bits per heavy atom. The highest BCUT2D eigenvalue weighted by Gasteiger charge is 2.35. The number of nitrogens with zero attached hydrogens (tertiary/aromatic N) is 2. The minimum absolute atomic E-state index is 0.0195. The number of unbranched alkanes of at least 4 members (excludes halogenated alkanes) is 1. The summed E-state index contributed by atoms with van der Waals surface area (Å²) in [6.07, 6.45) is 1.98. The number of ether oxygens (including phenoxy) is 1. The second-order valence-corrected chi connectivity index (χ2v) is 13.0. The van der Waals surface area contributed by atoms with Crippen LogP contribution < -0.4 is 14.4 Å². The molecule has 43 heavy (non-hydrogen) atoms. The van der Waals surface area contributed by atoms with E-state index in [-0.39, 0.29) is 28.8 Å². The van der Waals surface area contributed by atoms with Crippen LogP contribution in [0.1, 0.15) is 49.8 Å². The summed E-state index contributed by atoms with van der Waals surface area (Å²) in [6, 6.07) is 15.6. The molecule has 0 radical (unpaired) electrons. The quantitative estimate of drug-likeness (QED) is 0.201. The fraction of sp³-hybridized carbons (Fsp3) is 0.375. The topological polar surface area (TPSA) is 96.0 Å². The Balaban J connectivity index is 2.13. The number of hydrogen-bond donors (Lipinski definition) is 1. The van der Waals surface area contributed by atoms with E-state index in [0.29, 0.717) is 28.6 Å². The molecule has 0 saturated heterocycles. The highest BCUT2D eigenvalue weighted by Crippen LogP contribution is 2.34. The second-order valence-electron chi connectivity index (χ2n) is 10.3. The number of anilines is 1. The molecular weight excluding hydrogens is 609 g/mol. The lowest BCUT2D eigenvalue weighted by atomic mass is 10.1. The monoisotopic (exact) mass is 647 g/mol. The van der Waals surface area contributed by atoms with Crippen molar-refractivity contribution in [1.29, 1.82) is 0 Å². The standard InChI is InChI=1S/C32H39Cl2N3O5S/c1-6-8-17-35-32(39)28(7-2)36(20-24-12-13-25(33)19-27(24)34)31(38)21-37(29-18-23(4)11-16-30(29)42-5)43(40,41)26-14-9-22(3)10-15-26/h9-16,18-19,28H,6-8,17,20-21H2,1-5H3,(H,35,39)/t28-/m0/s1. The van der Waals surface area contributed by atoms with Crippen molar-refractivity contribution in [3.05, 3.63) is 87.4 Å². The third-order valence-electron chi connectivity index (χ3n) is 7.06. The summed E-state index contributed by atoms with van der Waals surface area (Å²) in [6.45, 7) is 7.35. The molecule has 0 spiro atoms. The minimum Gasteiger partial charge on any atom is -0.495 e. The lowest BCUT2D eigenvalue weighted by molar-refractivity contribution is -0.140. The largest absolute Gasteiger partial charge is 0.495 e. The molecule has 0 aliphatic heterocycles. The fourth-order valence-electron chi connectivity index (χ4n) is 4.60. The van der Waals surface area contributed by atoms with Gasteiger partial charge in [-0.2, -0.15) is 0 Å². The van der Waals surface area contributed by atoms with E-state index in [2.05, 4.69) is 5.32 Å². The van der Waals surface area contributed by atoms with E-state index in [9.17, 15) is 18.0 Å². The first kappa shape index (κ1) is 34.2. The maximum Gasteiger partial charge on any atom is 0.264 e. The van der Waals surface area contributed by atoms with Gasteiger partial charge in [0.2, 0.25) is 11.8 Å². The molecule has 3 rings (SSSR count). The summed E-state index contributed by atoms with van der Waals surface area (Å²) in [7, 11) is -2.80. The van der Waals surface area contributed by atoms with Crippen LogP contribution >= 0.6 is 23.2 Å². The van der Waals surface area contributed by atoms with Gasteiger partial charge < -0.3 is 15.0 Å². The average Bonchev–Trinajstić information content (AvgIpc) is 2.97. The number of aryl methyl sites for hydroxylation is 2. The maximum absolute atomic E-state index is 14.3. The molecule has 0 aromatic heterocycles. The molecule has 1 N–H and O–H groups in total. The van der Waals surface area contributed by atoms with Gasteiger partial charge in [0.15, 0.2) is 0 Å². The lowest BCUT2D eigenvalue weighted by Crippen LogP contribution is -2.52. The third kappa shape index (κ3) is 8.65. The number of carbonyl (C=O) groups excluding carboxylic acids is 2. The Hall–Kier alpha value is -3.27. The van der Waals surface area contributed by atoms with Crippen LogP contribution in [0.4, 0.5) is 5.69 Å². The zero-order chi connectivity index (χ0) is 31.7. The fourth-order valence-corrected chi connectivity index (χ4v) is 6.49. The number of benzene rings is 3. The lowest BCUT2D eigenvalue weighted by Gasteiger charge is -2.33. The van der Waals surface area contributed by atoms with Crippen molar-refractivity contribution in [2.24, 2.45) is 0 Å². The molecule has 1 atom stereocenters. The molecule has 8 nitrogen and oxygen atoms in total. The molecule has 0 aliphatic carbocycles. The van der Waals surface area contributed by atoms with E-state index in [0.717, 1.165) is 28.3 Å². The Kier molecular flexibility index (Phi) is 12.3. The van der Waals surface area contributed by atoms with Gasteiger partial charge in [-0.05, 0) is 74.2 Å². The van der Waals surface area contributed by atoms with Crippen LogP contribution in [-0.2, 0) is 26.2 Å². The summed E-state index contributed by atoms with van der Waals surface area (Å²) in [5.41, 5.74) is 2.45. The molecule has 0 unspecified atom stereocenters. The summed E-state index contributed by atoms with van der Waals surface area (Å²) in [4.78, 5) is 29.1. The number of rotatable bonds is 14. The number of amides is 2. The summed E-state index contributed by atoms with van der Waals surface area (Å²) in [5, 5.41) is 3.67. The zero-order valence-corrected chi connectivity index (χ0v) is 27.5. The van der Waals surface area contributed by atoms with E-state index in [1.165, 1.54) is 24.1 Å². The zero-order valence-electron chi connectivity index (χ0n) is 25.2. The van der Waals surface area contributed by atoms with Crippen molar-refractivity contribution >= 4 is 50.7 Å². The summed E-state index contributed by atoms with van der Waals surface area (Å²) in [5.74, 6) is -0.621. The van der Waals surface area contributed by atoms with E-state index in [4.69, 9.17) is 27.9 Å². The van der Waals surface area contributed by atoms with Gasteiger partial charge in [-0.15, -0.1) is 0 Å². The molecular formula is C32H39Cl2N3O5S. The first-order valence-electron chi connectivity index (χ1n) is 14.2. The Morgan fingerprint density at radius 2 is 1.63 bits per heavy atom. The van der Waals surface area contributed by atoms with E-state index in [1.54, 1.807) is 55.5 Å². The number of carbonyl (C=O) groups is 2. The molecule has 0 bridgehead atoms. The van der Waals surface area contributed by atoms with Crippen LogP contribution in [-0.4, -0.2) is 51.4 Å². The van der Waals surface area contributed by atoms with E-state index < -0.39 is 28.5 Å². The Labute approximate surface area is 265 Å². The smallest absolute Gasteiger partial charge is 0.264 e. The molecule has 3 aromatic rings. The van der Waals surface area contributed by atoms with Gasteiger partial charge in [0.25, 0.3) is 10.0 Å². The van der Waals surface area contributed by atoms with Gasteiger partial charge >= 0.3 is 0 Å². The molecule has 11 heteroatoms. The minimum atomic E-state index is -4.24.